The van der Waals surface area contributed by atoms with Crippen LogP contribution < -0.4 is 10.6 Å². The van der Waals surface area contributed by atoms with Crippen LogP contribution in [0.15, 0.2) is 12.3 Å². The van der Waals surface area contributed by atoms with Crippen molar-refractivity contribution in [2.45, 2.75) is 18.9 Å². The molecule has 1 aromatic heterocycles. The fraction of sp³-hybridized carbons (Fsp3) is 0.500. The zero-order valence-corrected chi connectivity index (χ0v) is 11.3. The average molecular weight is 269 g/mol. The first-order chi connectivity index (χ1) is 8.50. The second-order valence-electron chi connectivity index (χ2n) is 4.65. The van der Waals surface area contributed by atoms with Gasteiger partial charge in [0, 0.05) is 26.8 Å². The van der Waals surface area contributed by atoms with Crippen LogP contribution in [0.3, 0.4) is 0 Å². The zero-order chi connectivity index (χ0) is 13.3. The summed E-state index contributed by atoms with van der Waals surface area (Å²) in [5.74, 6) is 0.737. The lowest BCUT2D eigenvalue weighted by atomic mass is 10.2. The van der Waals surface area contributed by atoms with Crippen molar-refractivity contribution in [2.75, 3.05) is 31.3 Å². The molecule has 0 saturated carbocycles. The van der Waals surface area contributed by atoms with E-state index in [-0.39, 0.29) is 11.9 Å². The average Bonchev–Trinajstić information content (AvgIpc) is 2.76. The Bertz CT molecular complexity index is 463. The van der Waals surface area contributed by atoms with E-state index >= 15 is 0 Å². The van der Waals surface area contributed by atoms with E-state index in [1.165, 1.54) is 0 Å². The summed E-state index contributed by atoms with van der Waals surface area (Å²) in [7, 11) is 3.52. The van der Waals surface area contributed by atoms with Gasteiger partial charge in [0.25, 0.3) is 0 Å². The molecule has 0 aliphatic carbocycles. The first kappa shape index (κ1) is 13.0. The molecule has 6 heteroatoms. The van der Waals surface area contributed by atoms with E-state index < -0.39 is 0 Å². The number of amides is 1. The number of carbonyl (C=O) groups is 1. The van der Waals surface area contributed by atoms with Crippen molar-refractivity contribution < 1.29 is 4.79 Å². The van der Waals surface area contributed by atoms with Crippen LogP contribution in [0.1, 0.15) is 12.8 Å². The number of halogens is 1. The fourth-order valence-electron chi connectivity index (χ4n) is 2.26. The predicted octanol–water partition coefficient (Wildman–Crippen LogP) is 1.37. The van der Waals surface area contributed by atoms with Crippen molar-refractivity contribution in [2.24, 2.45) is 0 Å². The summed E-state index contributed by atoms with van der Waals surface area (Å²) in [6.07, 6.45) is 3.36. The molecule has 2 heterocycles. The van der Waals surface area contributed by atoms with Crippen molar-refractivity contribution in [3.8, 4) is 0 Å². The molecule has 1 saturated heterocycles. The van der Waals surface area contributed by atoms with Crippen LogP contribution >= 0.6 is 11.6 Å². The molecular weight excluding hydrogens is 252 g/mol. The number of hydrogen-bond acceptors (Lipinski definition) is 4. The molecule has 5 nitrogen and oxygen atoms in total. The Hall–Kier alpha value is -1.49. The van der Waals surface area contributed by atoms with E-state index in [2.05, 4.69) is 4.98 Å². The number of carbonyl (C=O) groups excluding carboxylic acids is 1. The van der Waals surface area contributed by atoms with Crippen LogP contribution in [0.25, 0.3) is 0 Å². The summed E-state index contributed by atoms with van der Waals surface area (Å²) in [5, 5.41) is 0.505. The molecule has 2 rings (SSSR count). The summed E-state index contributed by atoms with van der Waals surface area (Å²) in [6.45, 7) is 0.795. The third-order valence-corrected chi connectivity index (χ3v) is 3.32. The van der Waals surface area contributed by atoms with Crippen molar-refractivity contribution in [1.82, 2.24) is 9.88 Å². The van der Waals surface area contributed by atoms with Gasteiger partial charge in [-0.1, -0.05) is 11.6 Å². The van der Waals surface area contributed by atoms with Crippen molar-refractivity contribution >= 4 is 29.0 Å². The first-order valence-electron chi connectivity index (χ1n) is 5.89. The van der Waals surface area contributed by atoms with E-state index in [1.807, 2.05) is 4.90 Å². The highest BCUT2D eigenvalue weighted by atomic mass is 35.5. The number of aromatic nitrogens is 1. The van der Waals surface area contributed by atoms with Gasteiger partial charge in [0.15, 0.2) is 5.82 Å². The number of nitrogens with zero attached hydrogens (tertiary/aromatic N) is 3. The normalized spacial score (nSPS) is 19.1. The van der Waals surface area contributed by atoms with Crippen LogP contribution in [0.2, 0.25) is 5.02 Å². The number of pyridine rings is 1. The Morgan fingerprint density at radius 3 is 2.94 bits per heavy atom. The molecule has 1 aliphatic heterocycles. The Morgan fingerprint density at radius 1 is 1.61 bits per heavy atom. The van der Waals surface area contributed by atoms with Gasteiger partial charge in [0.2, 0.25) is 5.91 Å². The van der Waals surface area contributed by atoms with Gasteiger partial charge in [0.1, 0.15) is 6.04 Å². The largest absolute Gasteiger partial charge is 0.396 e. The van der Waals surface area contributed by atoms with Gasteiger partial charge in [-0.2, -0.15) is 0 Å². The number of nitrogen functional groups attached to an aromatic ring is 1. The number of likely N-dealkylation sites (N-methyl/N-ethyl adjacent to an activating group) is 1. The summed E-state index contributed by atoms with van der Waals surface area (Å²) < 4.78 is 0. The Balaban J connectivity index is 2.29. The Kier molecular flexibility index (Phi) is 3.61. The number of nitrogens with two attached hydrogens (primary N) is 1. The van der Waals surface area contributed by atoms with Gasteiger partial charge in [-0.25, -0.2) is 4.98 Å². The van der Waals surface area contributed by atoms with Gasteiger partial charge in [-0.05, 0) is 18.9 Å². The maximum absolute atomic E-state index is 12.1. The molecule has 98 valence electrons. The quantitative estimate of drug-likeness (QED) is 0.880. The van der Waals surface area contributed by atoms with E-state index in [9.17, 15) is 4.79 Å². The third-order valence-electron chi connectivity index (χ3n) is 3.11. The summed E-state index contributed by atoms with van der Waals surface area (Å²) in [6, 6.07) is 1.50. The van der Waals surface area contributed by atoms with Crippen molar-refractivity contribution in [3.63, 3.8) is 0 Å². The van der Waals surface area contributed by atoms with Crippen LogP contribution in [-0.4, -0.2) is 42.5 Å². The van der Waals surface area contributed by atoms with Gasteiger partial charge in [-0.15, -0.1) is 0 Å². The maximum Gasteiger partial charge on any atom is 0.244 e. The molecule has 0 radical (unpaired) electrons. The molecule has 2 N–H and O–H groups in total. The van der Waals surface area contributed by atoms with Crippen LogP contribution in [0.5, 0.6) is 0 Å². The molecule has 1 unspecified atom stereocenters. The zero-order valence-electron chi connectivity index (χ0n) is 10.6. The summed E-state index contributed by atoms with van der Waals surface area (Å²) in [4.78, 5) is 19.9. The van der Waals surface area contributed by atoms with Crippen LogP contribution in [0, 0.1) is 0 Å². The fourth-order valence-corrected chi connectivity index (χ4v) is 2.43. The standard InChI is InChI=1S/C12H17ClN4O/c1-16(2)12(18)10-4-3-5-17(10)11-9(14)6-8(13)7-15-11/h6-7,10H,3-5,14H2,1-2H3. The minimum atomic E-state index is -0.170. The number of anilines is 2. The minimum Gasteiger partial charge on any atom is -0.396 e. The molecule has 1 amide bonds. The van der Waals surface area contributed by atoms with Gasteiger partial charge >= 0.3 is 0 Å². The molecule has 18 heavy (non-hydrogen) atoms. The summed E-state index contributed by atoms with van der Waals surface area (Å²) >= 11 is 5.84. The molecule has 1 aromatic rings. The van der Waals surface area contributed by atoms with Gasteiger partial charge in [0.05, 0.1) is 10.7 Å². The van der Waals surface area contributed by atoms with E-state index in [4.69, 9.17) is 17.3 Å². The van der Waals surface area contributed by atoms with Crippen molar-refractivity contribution in [3.05, 3.63) is 17.3 Å². The third kappa shape index (κ3) is 2.36. The molecule has 0 aromatic carbocycles. The summed E-state index contributed by atoms with van der Waals surface area (Å²) in [5.41, 5.74) is 6.44. The monoisotopic (exact) mass is 268 g/mol. The predicted molar refractivity (Wildman–Crippen MR) is 72.7 cm³/mol. The molecular formula is C12H17ClN4O. The minimum absolute atomic E-state index is 0.0867. The highest BCUT2D eigenvalue weighted by molar-refractivity contribution is 6.30. The van der Waals surface area contributed by atoms with Crippen LogP contribution in [0.4, 0.5) is 11.5 Å². The second-order valence-corrected chi connectivity index (χ2v) is 5.09. The maximum atomic E-state index is 12.1. The Labute approximate surface area is 112 Å². The van der Waals surface area contributed by atoms with E-state index in [0.29, 0.717) is 16.5 Å². The second kappa shape index (κ2) is 5.02. The smallest absolute Gasteiger partial charge is 0.244 e. The SMILES string of the molecule is CN(C)C(=O)C1CCCN1c1ncc(Cl)cc1N. The Morgan fingerprint density at radius 2 is 2.33 bits per heavy atom. The van der Waals surface area contributed by atoms with Gasteiger partial charge in [-0.3, -0.25) is 4.79 Å². The molecule has 0 spiro atoms. The van der Waals surface area contributed by atoms with Crippen molar-refractivity contribution in [1.29, 1.82) is 0 Å². The lowest BCUT2D eigenvalue weighted by molar-refractivity contribution is -0.129. The lowest BCUT2D eigenvalue weighted by Gasteiger charge is -2.27. The first-order valence-corrected chi connectivity index (χ1v) is 6.27. The number of rotatable bonds is 2. The van der Waals surface area contributed by atoms with Gasteiger partial charge < -0.3 is 15.5 Å². The molecule has 1 atom stereocenters. The highest BCUT2D eigenvalue weighted by Gasteiger charge is 2.33. The van der Waals surface area contributed by atoms with Crippen LogP contribution in [-0.2, 0) is 4.79 Å². The lowest BCUT2D eigenvalue weighted by Crippen LogP contribution is -2.43. The molecule has 1 fully saturated rings. The topological polar surface area (TPSA) is 62.5 Å². The molecule has 1 aliphatic rings. The van der Waals surface area contributed by atoms with E-state index in [0.717, 1.165) is 19.4 Å². The molecule has 0 bridgehead atoms. The number of hydrogen-bond donors (Lipinski definition) is 1. The van der Waals surface area contributed by atoms with E-state index in [1.54, 1.807) is 31.3 Å². The highest BCUT2D eigenvalue weighted by Crippen LogP contribution is 2.30.